The first-order valence-electron chi connectivity index (χ1n) is 11.9. The van der Waals surface area contributed by atoms with E-state index in [0.717, 1.165) is 11.3 Å². The normalized spacial score (nSPS) is 13.7. The quantitative estimate of drug-likeness (QED) is 0.290. The molecule has 1 fully saturated rings. The van der Waals surface area contributed by atoms with E-state index in [-0.39, 0.29) is 5.75 Å². The van der Waals surface area contributed by atoms with E-state index in [4.69, 9.17) is 9.52 Å². The molecule has 1 N–H and O–H groups in total. The van der Waals surface area contributed by atoms with E-state index in [0.29, 0.717) is 5.58 Å². The molecule has 0 atom stereocenters. The van der Waals surface area contributed by atoms with E-state index in [2.05, 4.69) is 6.92 Å². The van der Waals surface area contributed by atoms with Crippen molar-refractivity contribution in [2.45, 2.75) is 103 Å². The maximum atomic E-state index is 10.7. The molecule has 0 saturated heterocycles. The lowest BCUT2D eigenvalue weighted by molar-refractivity contribution is 0.286. The van der Waals surface area contributed by atoms with Crippen molar-refractivity contribution in [3.63, 3.8) is 0 Å². The summed E-state index contributed by atoms with van der Waals surface area (Å²) in [4.78, 5) is 10.7. The molecule has 0 amide bonds. The van der Waals surface area contributed by atoms with Crippen LogP contribution in [0.2, 0.25) is 0 Å². The van der Waals surface area contributed by atoms with Gasteiger partial charge in [-0.05, 0) is 24.1 Å². The van der Waals surface area contributed by atoms with Gasteiger partial charge in [-0.15, -0.1) is 0 Å². The van der Waals surface area contributed by atoms with Crippen LogP contribution in [0.25, 0.3) is 11.0 Å². The minimum absolute atomic E-state index is 0.0943. The van der Waals surface area contributed by atoms with Crippen LogP contribution in [0.3, 0.4) is 0 Å². The molecule has 3 nitrogen and oxygen atoms in total. The van der Waals surface area contributed by atoms with Crippen LogP contribution in [-0.2, 0) is 0 Å². The SMILES string of the molecule is CCCCCCCCCCCCCC1CCC1.O=c1ccc2ccc(O)cc2o1. The van der Waals surface area contributed by atoms with Crippen LogP contribution in [0.5, 0.6) is 5.75 Å². The fourth-order valence-electron chi connectivity index (χ4n) is 3.93. The average molecular weight is 401 g/mol. The number of rotatable bonds is 12. The van der Waals surface area contributed by atoms with Gasteiger partial charge < -0.3 is 9.52 Å². The Morgan fingerprint density at radius 3 is 2.03 bits per heavy atom. The average Bonchev–Trinajstić information content (AvgIpc) is 2.67. The molecule has 1 aliphatic rings. The Morgan fingerprint density at radius 2 is 1.45 bits per heavy atom. The van der Waals surface area contributed by atoms with Crippen LogP contribution in [0.15, 0.2) is 39.5 Å². The Labute approximate surface area is 176 Å². The van der Waals surface area contributed by atoms with Crippen LogP contribution in [-0.4, -0.2) is 5.11 Å². The number of benzene rings is 1. The third-order valence-corrected chi connectivity index (χ3v) is 6.05. The number of aromatic hydroxyl groups is 1. The number of fused-ring (bicyclic) bond motifs is 1. The fourth-order valence-corrected chi connectivity index (χ4v) is 3.93. The van der Waals surface area contributed by atoms with E-state index < -0.39 is 5.63 Å². The summed E-state index contributed by atoms with van der Waals surface area (Å²) in [5.41, 5.74) is -0.00407. The number of phenols is 1. The van der Waals surface area contributed by atoms with E-state index in [1.807, 2.05) is 0 Å². The molecule has 162 valence electrons. The summed E-state index contributed by atoms with van der Waals surface area (Å²) < 4.78 is 4.83. The van der Waals surface area contributed by atoms with Crippen molar-refractivity contribution in [2.75, 3.05) is 0 Å². The lowest BCUT2D eigenvalue weighted by Gasteiger charge is -2.24. The van der Waals surface area contributed by atoms with Crippen LogP contribution >= 0.6 is 0 Å². The Kier molecular flexibility index (Phi) is 11.6. The highest BCUT2D eigenvalue weighted by molar-refractivity contribution is 5.77. The first kappa shape index (κ1) is 23.5. The summed E-state index contributed by atoms with van der Waals surface area (Å²) in [7, 11) is 0. The van der Waals surface area contributed by atoms with Gasteiger partial charge in [0.2, 0.25) is 0 Å². The molecular formula is C26H40O3. The number of hydrogen-bond donors (Lipinski definition) is 1. The van der Waals surface area contributed by atoms with Gasteiger partial charge in [0, 0.05) is 17.5 Å². The zero-order valence-corrected chi connectivity index (χ0v) is 18.3. The summed E-state index contributed by atoms with van der Waals surface area (Å²) in [5, 5.41) is 9.86. The molecule has 1 saturated carbocycles. The van der Waals surface area contributed by atoms with Crippen molar-refractivity contribution >= 4 is 11.0 Å². The highest BCUT2D eigenvalue weighted by Gasteiger charge is 2.15. The van der Waals surface area contributed by atoms with Crippen LogP contribution < -0.4 is 5.63 Å². The van der Waals surface area contributed by atoms with Crippen LogP contribution in [0.1, 0.15) is 103 Å². The summed E-state index contributed by atoms with van der Waals surface area (Å²) in [6.45, 7) is 2.30. The second-order valence-corrected chi connectivity index (χ2v) is 8.60. The molecule has 1 aromatic carbocycles. The molecule has 2 aromatic rings. The lowest BCUT2D eigenvalue weighted by Crippen LogP contribution is -2.10. The van der Waals surface area contributed by atoms with Crippen molar-refractivity contribution in [2.24, 2.45) is 5.92 Å². The molecule has 1 aliphatic carbocycles. The molecule has 0 bridgehead atoms. The van der Waals surface area contributed by atoms with Gasteiger partial charge in [-0.1, -0.05) is 103 Å². The van der Waals surface area contributed by atoms with Crippen molar-refractivity contribution in [1.29, 1.82) is 0 Å². The molecule has 0 radical (unpaired) electrons. The molecule has 0 unspecified atom stereocenters. The predicted molar refractivity (Wildman–Crippen MR) is 123 cm³/mol. The molecule has 0 aliphatic heterocycles. The Morgan fingerprint density at radius 1 is 0.862 bits per heavy atom. The maximum Gasteiger partial charge on any atom is 0.336 e. The second-order valence-electron chi connectivity index (χ2n) is 8.60. The third kappa shape index (κ3) is 10.0. The Balaban J connectivity index is 0.000000218. The summed E-state index contributed by atoms with van der Waals surface area (Å²) in [6.07, 6.45) is 22.4. The molecule has 1 aromatic heterocycles. The van der Waals surface area contributed by atoms with Crippen molar-refractivity contribution in [3.05, 3.63) is 40.8 Å². The van der Waals surface area contributed by atoms with E-state index in [1.54, 1.807) is 18.2 Å². The van der Waals surface area contributed by atoms with Gasteiger partial charge in [-0.3, -0.25) is 0 Å². The summed E-state index contributed by atoms with van der Waals surface area (Å²) >= 11 is 0. The van der Waals surface area contributed by atoms with Crippen molar-refractivity contribution in [3.8, 4) is 5.75 Å². The standard InChI is InChI=1S/C17H34.C9H6O3/c1-2-3-4-5-6-7-8-9-10-11-12-14-17-15-13-16-17;10-7-3-1-6-2-4-9(11)12-8(6)5-7/h17H,2-16H2,1H3;1-5,10H. The minimum atomic E-state index is -0.409. The molecule has 3 heteroatoms. The van der Waals surface area contributed by atoms with E-state index in [1.165, 1.54) is 108 Å². The fraction of sp³-hybridized carbons (Fsp3) is 0.654. The molecule has 1 heterocycles. The zero-order chi connectivity index (χ0) is 20.7. The van der Waals surface area contributed by atoms with Gasteiger partial charge in [0.05, 0.1) is 0 Å². The predicted octanol–water partition coefficient (Wildman–Crippen LogP) is 7.99. The highest BCUT2D eigenvalue weighted by Crippen LogP contribution is 2.31. The maximum absolute atomic E-state index is 10.7. The largest absolute Gasteiger partial charge is 0.508 e. The van der Waals surface area contributed by atoms with Gasteiger partial charge in [0.15, 0.2) is 0 Å². The minimum Gasteiger partial charge on any atom is -0.508 e. The van der Waals surface area contributed by atoms with E-state index >= 15 is 0 Å². The Bertz CT molecular complexity index is 730. The summed E-state index contributed by atoms with van der Waals surface area (Å²) in [5.74, 6) is 1.23. The molecular weight excluding hydrogens is 360 g/mol. The van der Waals surface area contributed by atoms with Crippen LogP contribution in [0, 0.1) is 5.92 Å². The topological polar surface area (TPSA) is 50.4 Å². The van der Waals surface area contributed by atoms with Gasteiger partial charge in [0.1, 0.15) is 11.3 Å². The van der Waals surface area contributed by atoms with E-state index in [9.17, 15) is 4.79 Å². The summed E-state index contributed by atoms with van der Waals surface area (Å²) in [6, 6.07) is 7.65. The smallest absolute Gasteiger partial charge is 0.336 e. The van der Waals surface area contributed by atoms with Crippen molar-refractivity contribution in [1.82, 2.24) is 0 Å². The van der Waals surface area contributed by atoms with Gasteiger partial charge in [0.25, 0.3) is 0 Å². The van der Waals surface area contributed by atoms with Crippen molar-refractivity contribution < 1.29 is 9.52 Å². The second kappa shape index (κ2) is 14.3. The highest BCUT2D eigenvalue weighted by atomic mass is 16.4. The van der Waals surface area contributed by atoms with Gasteiger partial charge in [-0.2, -0.15) is 0 Å². The molecule has 3 rings (SSSR count). The first-order chi connectivity index (χ1) is 14.2. The number of phenolic OH excluding ortho intramolecular Hbond substituents is 1. The van der Waals surface area contributed by atoms with Crippen LogP contribution in [0.4, 0.5) is 0 Å². The zero-order valence-electron chi connectivity index (χ0n) is 18.3. The Hall–Kier alpha value is -1.77. The molecule has 0 spiro atoms. The number of hydrogen-bond acceptors (Lipinski definition) is 3. The third-order valence-electron chi connectivity index (χ3n) is 6.05. The van der Waals surface area contributed by atoms with Gasteiger partial charge in [-0.25, -0.2) is 4.79 Å². The van der Waals surface area contributed by atoms with Gasteiger partial charge >= 0.3 is 5.63 Å². The number of unbranched alkanes of at least 4 members (excludes halogenated alkanes) is 10. The lowest BCUT2D eigenvalue weighted by atomic mass is 9.81. The molecule has 29 heavy (non-hydrogen) atoms. The monoisotopic (exact) mass is 400 g/mol. The first-order valence-corrected chi connectivity index (χ1v) is 11.9.